The summed E-state index contributed by atoms with van der Waals surface area (Å²) in [5.74, 6) is 1.45. The Labute approximate surface area is 173 Å². The molecule has 1 heterocycles. The second-order valence-electron chi connectivity index (χ2n) is 6.38. The molecule has 0 aliphatic rings. The van der Waals surface area contributed by atoms with Crippen molar-refractivity contribution in [3.63, 3.8) is 0 Å². The van der Waals surface area contributed by atoms with Crippen molar-refractivity contribution in [2.45, 2.75) is 6.54 Å². The molecule has 0 spiro atoms. The van der Waals surface area contributed by atoms with Crippen LogP contribution in [0, 0.1) is 0 Å². The van der Waals surface area contributed by atoms with Crippen LogP contribution in [0.4, 0.5) is 5.69 Å². The fourth-order valence-electron chi connectivity index (χ4n) is 2.93. The molecule has 0 atom stereocenters. The molecule has 0 aliphatic carbocycles. The highest BCUT2D eigenvalue weighted by Gasteiger charge is 2.13. The van der Waals surface area contributed by atoms with Gasteiger partial charge in [-0.1, -0.05) is 0 Å². The summed E-state index contributed by atoms with van der Waals surface area (Å²) >= 11 is 5.50. The molecule has 0 radical (unpaired) electrons. The number of fused-ring (bicyclic) bond motifs is 1. The number of aromatic amines is 1. The van der Waals surface area contributed by atoms with Gasteiger partial charge in [-0.2, -0.15) is 0 Å². The molecule has 7 nitrogen and oxygen atoms in total. The van der Waals surface area contributed by atoms with Crippen molar-refractivity contribution in [2.24, 2.45) is 0 Å². The highest BCUT2D eigenvalue weighted by atomic mass is 32.1. The quantitative estimate of drug-likeness (QED) is 0.514. The Balaban J connectivity index is 1.82. The van der Waals surface area contributed by atoms with Crippen molar-refractivity contribution in [3.8, 4) is 11.5 Å². The van der Waals surface area contributed by atoms with Crippen molar-refractivity contribution in [1.82, 2.24) is 9.88 Å². The Hall–Kier alpha value is -3.10. The summed E-state index contributed by atoms with van der Waals surface area (Å²) in [7, 11) is 3.20. The fourth-order valence-corrected chi connectivity index (χ4v) is 3.20. The number of H-pyrrole nitrogens is 1. The maximum absolute atomic E-state index is 12.5. The zero-order valence-electron chi connectivity index (χ0n) is 16.3. The average molecular weight is 413 g/mol. The van der Waals surface area contributed by atoms with E-state index >= 15 is 0 Å². The molecule has 3 aromatic rings. The third kappa shape index (κ3) is 5.04. The number of rotatable bonds is 7. The topological polar surface area (TPSA) is 86.8 Å². The Morgan fingerprint density at radius 1 is 1.10 bits per heavy atom. The van der Waals surface area contributed by atoms with Crippen LogP contribution >= 0.6 is 12.2 Å². The summed E-state index contributed by atoms with van der Waals surface area (Å²) in [4.78, 5) is 17.2. The Bertz CT molecular complexity index is 1050. The normalized spacial score (nSPS) is 10.6. The predicted octanol–water partition coefficient (Wildman–Crippen LogP) is 2.74. The van der Waals surface area contributed by atoms with E-state index in [0.717, 1.165) is 22.3 Å². The third-order valence-corrected chi connectivity index (χ3v) is 4.85. The summed E-state index contributed by atoms with van der Waals surface area (Å²) < 4.78 is 10.4. The van der Waals surface area contributed by atoms with Gasteiger partial charge in [0.1, 0.15) is 11.5 Å². The zero-order valence-corrected chi connectivity index (χ0v) is 17.1. The lowest BCUT2D eigenvalue weighted by Crippen LogP contribution is -2.37. The number of anilines is 1. The van der Waals surface area contributed by atoms with Crippen LogP contribution in [0.1, 0.15) is 5.56 Å². The first-order chi connectivity index (χ1) is 14.0. The lowest BCUT2D eigenvalue weighted by atomic mass is 10.1. The van der Waals surface area contributed by atoms with Crippen LogP contribution in [0.5, 0.6) is 11.5 Å². The smallest absolute Gasteiger partial charge is 0.253 e. The number of benzene rings is 2. The number of nitrogens with one attached hydrogen (secondary N) is 2. The molecule has 0 bridgehead atoms. The van der Waals surface area contributed by atoms with E-state index in [-0.39, 0.29) is 25.3 Å². The van der Waals surface area contributed by atoms with E-state index in [1.54, 1.807) is 31.3 Å². The summed E-state index contributed by atoms with van der Waals surface area (Å²) in [6, 6.07) is 14.6. The Morgan fingerprint density at radius 2 is 1.79 bits per heavy atom. The SMILES string of the molecule is COc1ccc(NC(=S)N(CCO)Cc2cc3cc(OC)ccc3[nH]c2=O)cc1. The number of hydrogen-bond acceptors (Lipinski definition) is 5. The maximum atomic E-state index is 12.5. The zero-order chi connectivity index (χ0) is 20.8. The van der Waals surface area contributed by atoms with Gasteiger partial charge in [0.2, 0.25) is 0 Å². The average Bonchev–Trinajstić information content (AvgIpc) is 2.74. The predicted molar refractivity (Wildman–Crippen MR) is 118 cm³/mol. The molecular formula is C21H23N3O4S. The van der Waals surface area contributed by atoms with E-state index < -0.39 is 0 Å². The molecule has 29 heavy (non-hydrogen) atoms. The molecule has 0 amide bonds. The van der Waals surface area contributed by atoms with Crippen LogP contribution in [-0.4, -0.2) is 47.5 Å². The highest BCUT2D eigenvalue weighted by molar-refractivity contribution is 7.80. The molecule has 0 saturated carbocycles. The van der Waals surface area contributed by atoms with Gasteiger partial charge < -0.3 is 29.8 Å². The van der Waals surface area contributed by atoms with Crippen LogP contribution in [0.15, 0.2) is 53.3 Å². The van der Waals surface area contributed by atoms with E-state index in [2.05, 4.69) is 10.3 Å². The second-order valence-corrected chi connectivity index (χ2v) is 6.77. The minimum atomic E-state index is -0.196. The lowest BCUT2D eigenvalue weighted by molar-refractivity contribution is 0.248. The standard InChI is InChI=1S/C21H23N3O4S/c1-27-17-5-3-16(4-6-17)22-21(29)24(9-10-25)13-15-11-14-12-18(28-2)7-8-19(14)23-20(15)26/h3-8,11-12,25H,9-10,13H2,1-2H3,(H,22,29)(H,23,26). The van der Waals surface area contributed by atoms with Crippen LogP contribution in [0.25, 0.3) is 10.9 Å². The van der Waals surface area contributed by atoms with Gasteiger partial charge in [0.15, 0.2) is 5.11 Å². The fraction of sp³-hybridized carbons (Fsp3) is 0.238. The van der Waals surface area contributed by atoms with Gasteiger partial charge >= 0.3 is 0 Å². The van der Waals surface area contributed by atoms with Gasteiger partial charge in [-0.05, 0) is 60.7 Å². The number of hydrogen-bond donors (Lipinski definition) is 3. The summed E-state index contributed by atoms with van der Waals surface area (Å²) in [5.41, 5.74) is 1.86. The molecule has 1 aromatic heterocycles. The largest absolute Gasteiger partial charge is 0.497 e. The van der Waals surface area contributed by atoms with E-state index in [1.165, 1.54) is 0 Å². The number of aromatic nitrogens is 1. The summed E-state index contributed by atoms with van der Waals surface area (Å²) in [5, 5.41) is 13.9. The van der Waals surface area contributed by atoms with Gasteiger partial charge in [-0.3, -0.25) is 4.79 Å². The molecule has 0 unspecified atom stereocenters. The van der Waals surface area contributed by atoms with Gasteiger partial charge in [0, 0.05) is 28.7 Å². The molecule has 3 N–H and O–H groups in total. The van der Waals surface area contributed by atoms with Gasteiger partial charge in [0.25, 0.3) is 5.56 Å². The Morgan fingerprint density at radius 3 is 2.45 bits per heavy atom. The number of methoxy groups -OCH3 is 2. The number of thiocarbonyl (C=S) groups is 1. The molecule has 0 aliphatic heterocycles. The monoisotopic (exact) mass is 413 g/mol. The van der Waals surface area contributed by atoms with E-state index in [1.807, 2.05) is 36.4 Å². The molecule has 0 saturated heterocycles. The molecule has 2 aromatic carbocycles. The third-order valence-electron chi connectivity index (χ3n) is 4.49. The molecule has 8 heteroatoms. The van der Waals surface area contributed by atoms with Crippen molar-refractivity contribution in [1.29, 1.82) is 0 Å². The lowest BCUT2D eigenvalue weighted by Gasteiger charge is -2.25. The van der Waals surface area contributed by atoms with Crippen molar-refractivity contribution in [3.05, 3.63) is 64.4 Å². The molecule has 152 valence electrons. The van der Waals surface area contributed by atoms with E-state index in [9.17, 15) is 9.90 Å². The second kappa shape index (κ2) is 9.40. The van der Waals surface area contributed by atoms with Gasteiger partial charge in [-0.15, -0.1) is 0 Å². The van der Waals surface area contributed by atoms with Crippen LogP contribution in [0.2, 0.25) is 0 Å². The van der Waals surface area contributed by atoms with Gasteiger partial charge in [0.05, 0.1) is 27.4 Å². The highest BCUT2D eigenvalue weighted by Crippen LogP contribution is 2.20. The van der Waals surface area contributed by atoms with E-state index in [0.29, 0.717) is 16.4 Å². The minimum Gasteiger partial charge on any atom is -0.497 e. The van der Waals surface area contributed by atoms with Crippen molar-refractivity contribution >= 4 is 33.9 Å². The first-order valence-electron chi connectivity index (χ1n) is 9.05. The van der Waals surface area contributed by atoms with Crippen molar-refractivity contribution < 1.29 is 14.6 Å². The first-order valence-corrected chi connectivity index (χ1v) is 9.45. The van der Waals surface area contributed by atoms with Crippen LogP contribution < -0.4 is 20.3 Å². The van der Waals surface area contributed by atoms with Crippen LogP contribution in [-0.2, 0) is 6.54 Å². The molecule has 0 fully saturated rings. The Kier molecular flexibility index (Phi) is 6.69. The number of nitrogens with zero attached hydrogens (tertiary/aromatic N) is 1. The number of ether oxygens (including phenoxy) is 2. The summed E-state index contributed by atoms with van der Waals surface area (Å²) in [6.45, 7) is 0.451. The molecular weight excluding hydrogens is 390 g/mol. The maximum Gasteiger partial charge on any atom is 0.253 e. The minimum absolute atomic E-state index is 0.0935. The number of aliphatic hydroxyl groups is 1. The van der Waals surface area contributed by atoms with Crippen molar-refractivity contribution in [2.75, 3.05) is 32.7 Å². The number of pyridine rings is 1. The van der Waals surface area contributed by atoms with E-state index in [4.69, 9.17) is 21.7 Å². The first kappa shape index (κ1) is 20.6. The number of aliphatic hydroxyl groups excluding tert-OH is 1. The van der Waals surface area contributed by atoms with Gasteiger partial charge in [-0.25, -0.2) is 0 Å². The molecule has 3 rings (SSSR count). The summed E-state index contributed by atoms with van der Waals surface area (Å²) in [6.07, 6.45) is 0. The van der Waals surface area contributed by atoms with Crippen LogP contribution in [0.3, 0.4) is 0 Å².